The molecule has 0 saturated carbocycles. The number of benzene rings is 3. The number of ether oxygens (including phenoxy) is 1. The summed E-state index contributed by atoms with van der Waals surface area (Å²) in [6.07, 6.45) is 0. The Morgan fingerprint density at radius 3 is 2.24 bits per heavy atom. The molecule has 2 nitrogen and oxygen atoms in total. The van der Waals surface area contributed by atoms with Crippen molar-refractivity contribution in [2.45, 2.75) is 26.6 Å². The first-order valence-electron chi connectivity index (χ1n) is 8.53. The van der Waals surface area contributed by atoms with Crippen molar-refractivity contribution in [1.29, 1.82) is 0 Å². The van der Waals surface area contributed by atoms with Crippen LogP contribution in [0, 0.1) is 12.7 Å². The number of quaternary nitrogens is 1. The Hall–Kier alpha value is -2.65. The van der Waals surface area contributed by atoms with Crippen LogP contribution < -0.4 is 10.1 Å². The molecule has 0 aromatic heterocycles. The lowest BCUT2D eigenvalue weighted by atomic mass is 10.1. The molecule has 2 N–H and O–H groups in total. The third-order valence-electron chi connectivity index (χ3n) is 4.15. The van der Waals surface area contributed by atoms with Gasteiger partial charge >= 0.3 is 0 Å². The van der Waals surface area contributed by atoms with Crippen LogP contribution in [0.25, 0.3) is 0 Å². The van der Waals surface area contributed by atoms with E-state index in [1.807, 2.05) is 18.2 Å². The molecule has 3 rings (SSSR count). The van der Waals surface area contributed by atoms with Gasteiger partial charge in [-0.2, -0.15) is 0 Å². The van der Waals surface area contributed by atoms with E-state index in [2.05, 4.69) is 42.6 Å². The lowest BCUT2D eigenvalue weighted by Crippen LogP contribution is -2.80. The zero-order valence-corrected chi connectivity index (χ0v) is 14.4. The zero-order valence-electron chi connectivity index (χ0n) is 14.4. The van der Waals surface area contributed by atoms with Gasteiger partial charge in [0, 0.05) is 11.1 Å². The van der Waals surface area contributed by atoms with Gasteiger partial charge in [0.2, 0.25) is 0 Å². The quantitative estimate of drug-likeness (QED) is 0.694. The van der Waals surface area contributed by atoms with E-state index < -0.39 is 0 Å². The van der Waals surface area contributed by atoms with Gasteiger partial charge in [-0.3, -0.25) is 0 Å². The molecule has 0 aliphatic carbocycles. The van der Waals surface area contributed by atoms with Gasteiger partial charge < -0.3 is 10.1 Å². The number of hydrogen-bond donors (Lipinski definition) is 1. The van der Waals surface area contributed by atoms with E-state index in [1.54, 1.807) is 12.1 Å². The summed E-state index contributed by atoms with van der Waals surface area (Å²) in [7, 11) is 0. The van der Waals surface area contributed by atoms with Crippen LogP contribution in [0.4, 0.5) is 4.39 Å². The molecule has 3 aromatic rings. The molecular formula is C22H23FNO+. The van der Waals surface area contributed by atoms with Crippen LogP contribution in [0.5, 0.6) is 5.75 Å². The zero-order chi connectivity index (χ0) is 17.5. The third-order valence-corrected chi connectivity index (χ3v) is 4.15. The van der Waals surface area contributed by atoms with Crippen molar-refractivity contribution in [1.82, 2.24) is 0 Å². The minimum atomic E-state index is -0.227. The van der Waals surface area contributed by atoms with E-state index in [1.165, 1.54) is 23.3 Å². The summed E-state index contributed by atoms with van der Waals surface area (Å²) >= 11 is 0. The maximum Gasteiger partial charge on any atom is 0.128 e. The van der Waals surface area contributed by atoms with E-state index in [0.29, 0.717) is 6.61 Å². The van der Waals surface area contributed by atoms with Gasteiger partial charge in [0.15, 0.2) is 0 Å². The molecule has 25 heavy (non-hydrogen) atoms. The fourth-order valence-electron chi connectivity index (χ4n) is 2.67. The van der Waals surface area contributed by atoms with Crippen molar-refractivity contribution in [3.63, 3.8) is 0 Å². The monoisotopic (exact) mass is 336 g/mol. The SMILES string of the molecule is Cc1ccc(C[NH2+]Cc2ccccc2OCc2ccc(F)cc2)cc1. The highest BCUT2D eigenvalue weighted by Crippen LogP contribution is 2.18. The molecule has 0 heterocycles. The largest absolute Gasteiger partial charge is 0.488 e. The van der Waals surface area contributed by atoms with Crippen LogP contribution in [-0.4, -0.2) is 0 Å². The number of hydrogen-bond acceptors (Lipinski definition) is 1. The number of nitrogens with two attached hydrogens (primary N) is 1. The van der Waals surface area contributed by atoms with E-state index in [9.17, 15) is 4.39 Å². The van der Waals surface area contributed by atoms with Crippen LogP contribution in [-0.2, 0) is 19.7 Å². The molecule has 0 atom stereocenters. The van der Waals surface area contributed by atoms with Gasteiger partial charge in [0.1, 0.15) is 31.3 Å². The second-order valence-corrected chi connectivity index (χ2v) is 6.21. The Morgan fingerprint density at radius 1 is 0.800 bits per heavy atom. The molecule has 0 fully saturated rings. The van der Waals surface area contributed by atoms with Crippen molar-refractivity contribution in [2.24, 2.45) is 0 Å². The topological polar surface area (TPSA) is 25.8 Å². The lowest BCUT2D eigenvalue weighted by molar-refractivity contribution is -0.686. The van der Waals surface area contributed by atoms with E-state index >= 15 is 0 Å². The molecule has 3 aromatic carbocycles. The first-order valence-corrected chi connectivity index (χ1v) is 8.53. The summed E-state index contributed by atoms with van der Waals surface area (Å²) in [6, 6.07) is 23.1. The molecule has 0 aliphatic heterocycles. The number of halogens is 1. The number of aryl methyl sites for hydroxylation is 1. The highest BCUT2D eigenvalue weighted by Gasteiger charge is 2.06. The smallest absolute Gasteiger partial charge is 0.128 e. The van der Waals surface area contributed by atoms with Crippen molar-refractivity contribution in [3.8, 4) is 5.75 Å². The van der Waals surface area contributed by atoms with Crippen molar-refractivity contribution >= 4 is 0 Å². The van der Waals surface area contributed by atoms with E-state index in [0.717, 1.165) is 30.0 Å². The molecule has 0 bridgehead atoms. The first-order chi connectivity index (χ1) is 12.2. The highest BCUT2D eigenvalue weighted by atomic mass is 19.1. The Balaban J connectivity index is 1.56. The number of rotatable bonds is 7. The summed E-state index contributed by atoms with van der Waals surface area (Å²) in [6.45, 7) is 4.33. The van der Waals surface area contributed by atoms with Crippen LogP contribution in [0.2, 0.25) is 0 Å². The molecule has 0 saturated heterocycles. The van der Waals surface area contributed by atoms with E-state index in [-0.39, 0.29) is 5.82 Å². The van der Waals surface area contributed by atoms with Gasteiger partial charge in [0.25, 0.3) is 0 Å². The lowest BCUT2D eigenvalue weighted by Gasteiger charge is -2.11. The van der Waals surface area contributed by atoms with Gasteiger partial charge in [-0.1, -0.05) is 54.1 Å². The first kappa shape index (κ1) is 17.2. The minimum absolute atomic E-state index is 0.227. The van der Waals surface area contributed by atoms with E-state index in [4.69, 9.17) is 4.74 Å². The van der Waals surface area contributed by atoms with Crippen molar-refractivity contribution in [3.05, 3.63) is 101 Å². The maximum absolute atomic E-state index is 13.0. The Morgan fingerprint density at radius 2 is 1.48 bits per heavy atom. The number of para-hydroxylation sites is 1. The van der Waals surface area contributed by atoms with Gasteiger partial charge in [-0.05, 0) is 36.8 Å². The Kier molecular flexibility index (Phi) is 5.81. The Labute approximate surface area is 148 Å². The van der Waals surface area contributed by atoms with Crippen LogP contribution in [0.3, 0.4) is 0 Å². The molecule has 128 valence electrons. The minimum Gasteiger partial charge on any atom is -0.488 e. The molecule has 3 heteroatoms. The Bertz CT molecular complexity index is 797. The summed E-state index contributed by atoms with van der Waals surface area (Å²) in [5.74, 6) is 0.654. The third kappa shape index (κ3) is 5.16. The predicted molar refractivity (Wildman–Crippen MR) is 97.7 cm³/mol. The maximum atomic E-state index is 13.0. The van der Waals surface area contributed by atoms with Crippen molar-refractivity contribution in [2.75, 3.05) is 0 Å². The fourth-order valence-corrected chi connectivity index (χ4v) is 2.67. The second-order valence-electron chi connectivity index (χ2n) is 6.21. The summed E-state index contributed by atoms with van der Waals surface area (Å²) < 4.78 is 18.9. The normalized spacial score (nSPS) is 10.6. The molecule has 0 unspecified atom stereocenters. The highest BCUT2D eigenvalue weighted by molar-refractivity contribution is 5.33. The van der Waals surface area contributed by atoms with Crippen LogP contribution in [0.1, 0.15) is 22.3 Å². The van der Waals surface area contributed by atoms with Gasteiger partial charge in [-0.25, -0.2) is 4.39 Å². The van der Waals surface area contributed by atoms with Crippen LogP contribution >= 0.6 is 0 Å². The molecule has 0 radical (unpaired) electrons. The summed E-state index contributed by atoms with van der Waals surface area (Å²) in [5.41, 5.74) is 4.72. The average Bonchev–Trinajstić information content (AvgIpc) is 2.64. The standard InChI is InChI=1S/C22H22FNO/c1-17-6-8-18(9-7-17)14-24-15-20-4-2-3-5-22(20)25-16-19-10-12-21(23)13-11-19/h2-13,24H,14-16H2,1H3/p+1. The van der Waals surface area contributed by atoms with Gasteiger partial charge in [-0.15, -0.1) is 0 Å². The molecule has 0 spiro atoms. The predicted octanol–water partition coefficient (Wildman–Crippen LogP) is 3.98. The molecular weight excluding hydrogens is 313 g/mol. The van der Waals surface area contributed by atoms with Crippen molar-refractivity contribution < 1.29 is 14.4 Å². The summed E-state index contributed by atoms with van der Waals surface area (Å²) in [5, 5.41) is 2.27. The second kappa shape index (κ2) is 8.45. The van der Waals surface area contributed by atoms with Gasteiger partial charge in [0.05, 0.1) is 0 Å². The fraction of sp³-hybridized carbons (Fsp3) is 0.182. The average molecular weight is 336 g/mol. The van der Waals surface area contributed by atoms with Crippen LogP contribution in [0.15, 0.2) is 72.8 Å². The molecule has 0 aliphatic rings. The molecule has 0 amide bonds. The summed E-state index contributed by atoms with van der Waals surface area (Å²) in [4.78, 5) is 0.